The summed E-state index contributed by atoms with van der Waals surface area (Å²) in [6.07, 6.45) is 1.65. The quantitative estimate of drug-likeness (QED) is 0.785. The van der Waals surface area contributed by atoms with Crippen molar-refractivity contribution in [2.45, 2.75) is 6.04 Å². The maximum absolute atomic E-state index is 6.15. The molecule has 5 heteroatoms. The Hall–Kier alpha value is -1.43. The zero-order valence-electron chi connectivity index (χ0n) is 8.87. The average molecular weight is 262 g/mol. The van der Waals surface area contributed by atoms with E-state index in [4.69, 9.17) is 10.2 Å². The Labute approximate surface area is 107 Å². The fourth-order valence-corrected chi connectivity index (χ4v) is 3.12. The van der Waals surface area contributed by atoms with Gasteiger partial charge < -0.3 is 10.2 Å². The van der Waals surface area contributed by atoms with Gasteiger partial charge in [0.25, 0.3) is 0 Å². The van der Waals surface area contributed by atoms with E-state index in [0.29, 0.717) is 0 Å². The first-order valence-corrected chi connectivity index (χ1v) is 6.89. The van der Waals surface area contributed by atoms with E-state index in [1.807, 2.05) is 35.0 Å². The first-order chi connectivity index (χ1) is 8.34. The molecule has 3 heterocycles. The second-order valence-electron chi connectivity index (χ2n) is 3.55. The molecule has 3 aromatic heterocycles. The molecule has 3 rings (SSSR count). The summed E-state index contributed by atoms with van der Waals surface area (Å²) >= 11 is 3.20. The Morgan fingerprint density at radius 2 is 2.18 bits per heavy atom. The van der Waals surface area contributed by atoms with Gasteiger partial charge in [-0.1, -0.05) is 6.07 Å². The van der Waals surface area contributed by atoms with Crippen LogP contribution in [-0.2, 0) is 0 Å². The molecule has 86 valence electrons. The summed E-state index contributed by atoms with van der Waals surface area (Å²) in [5, 5.41) is 4.88. The van der Waals surface area contributed by atoms with Crippen LogP contribution in [0.15, 0.2) is 45.7 Å². The standard InChI is InChI=1S/C12H10N2OS2/c13-11(10-4-2-6-16-10)8-7-17-12(14-8)9-3-1-5-15-9/h1-7,11H,13H2. The fraction of sp³-hybridized carbons (Fsp3) is 0.0833. The van der Waals surface area contributed by atoms with Gasteiger partial charge in [-0.25, -0.2) is 4.98 Å². The predicted octanol–water partition coefficient (Wildman–Crippen LogP) is 3.51. The van der Waals surface area contributed by atoms with Crippen LogP contribution in [0.5, 0.6) is 0 Å². The minimum atomic E-state index is -0.144. The molecule has 0 spiro atoms. The molecule has 17 heavy (non-hydrogen) atoms. The van der Waals surface area contributed by atoms with Crippen LogP contribution in [0.3, 0.4) is 0 Å². The molecule has 1 atom stereocenters. The molecule has 0 fully saturated rings. The second kappa shape index (κ2) is 4.44. The summed E-state index contributed by atoms with van der Waals surface area (Å²) in [4.78, 5) is 5.64. The summed E-state index contributed by atoms with van der Waals surface area (Å²) in [5.74, 6) is 0.791. The number of nitrogens with two attached hydrogens (primary N) is 1. The Morgan fingerprint density at radius 3 is 2.88 bits per heavy atom. The van der Waals surface area contributed by atoms with Gasteiger partial charge in [0.05, 0.1) is 18.0 Å². The number of thiazole rings is 1. The van der Waals surface area contributed by atoms with Gasteiger partial charge in [0.15, 0.2) is 10.8 Å². The van der Waals surface area contributed by atoms with Crippen molar-refractivity contribution in [1.29, 1.82) is 0 Å². The fourth-order valence-electron chi connectivity index (χ4n) is 1.56. The van der Waals surface area contributed by atoms with Gasteiger partial charge in [0, 0.05) is 10.3 Å². The molecule has 0 aliphatic carbocycles. The van der Waals surface area contributed by atoms with E-state index in [9.17, 15) is 0 Å². The normalized spacial score (nSPS) is 12.8. The molecular weight excluding hydrogens is 252 g/mol. The molecule has 0 aliphatic rings. The maximum Gasteiger partial charge on any atom is 0.162 e. The molecule has 0 radical (unpaired) electrons. The molecule has 0 aromatic carbocycles. The van der Waals surface area contributed by atoms with Crippen molar-refractivity contribution in [2.24, 2.45) is 5.73 Å². The van der Waals surface area contributed by atoms with Crippen LogP contribution in [0.4, 0.5) is 0 Å². The predicted molar refractivity (Wildman–Crippen MR) is 70.2 cm³/mol. The highest BCUT2D eigenvalue weighted by Gasteiger charge is 2.15. The lowest BCUT2D eigenvalue weighted by Gasteiger charge is -2.04. The van der Waals surface area contributed by atoms with Gasteiger partial charge in [-0.15, -0.1) is 22.7 Å². The molecule has 0 saturated carbocycles. The Morgan fingerprint density at radius 1 is 1.24 bits per heavy atom. The van der Waals surface area contributed by atoms with Crippen LogP contribution < -0.4 is 5.73 Å². The van der Waals surface area contributed by atoms with E-state index < -0.39 is 0 Å². The van der Waals surface area contributed by atoms with Crippen LogP contribution >= 0.6 is 22.7 Å². The largest absolute Gasteiger partial charge is 0.462 e. The van der Waals surface area contributed by atoms with Crippen LogP contribution in [0, 0.1) is 0 Å². The first-order valence-electron chi connectivity index (χ1n) is 5.13. The van der Waals surface area contributed by atoms with Crippen molar-refractivity contribution in [3.05, 3.63) is 51.9 Å². The van der Waals surface area contributed by atoms with E-state index in [0.717, 1.165) is 21.3 Å². The van der Waals surface area contributed by atoms with Crippen LogP contribution in [0.25, 0.3) is 10.8 Å². The smallest absolute Gasteiger partial charge is 0.162 e. The number of aromatic nitrogens is 1. The van der Waals surface area contributed by atoms with Gasteiger partial charge in [-0.3, -0.25) is 0 Å². The minimum Gasteiger partial charge on any atom is -0.462 e. The third-order valence-electron chi connectivity index (χ3n) is 2.42. The third kappa shape index (κ3) is 2.04. The topological polar surface area (TPSA) is 52.0 Å². The molecular formula is C12H10N2OS2. The van der Waals surface area contributed by atoms with E-state index in [1.54, 1.807) is 28.9 Å². The van der Waals surface area contributed by atoms with E-state index >= 15 is 0 Å². The molecule has 0 saturated heterocycles. The molecule has 2 N–H and O–H groups in total. The first kappa shape index (κ1) is 10.7. The highest BCUT2D eigenvalue weighted by molar-refractivity contribution is 7.13. The molecule has 0 bridgehead atoms. The average Bonchev–Trinajstić information content (AvgIpc) is 3.09. The number of nitrogens with zero attached hydrogens (tertiary/aromatic N) is 1. The summed E-state index contributed by atoms with van der Waals surface area (Å²) in [7, 11) is 0. The van der Waals surface area contributed by atoms with Crippen molar-refractivity contribution in [3.63, 3.8) is 0 Å². The molecule has 1 unspecified atom stereocenters. The highest BCUT2D eigenvalue weighted by atomic mass is 32.1. The van der Waals surface area contributed by atoms with Gasteiger partial charge in [0.2, 0.25) is 0 Å². The van der Waals surface area contributed by atoms with Crippen molar-refractivity contribution >= 4 is 22.7 Å². The lowest BCUT2D eigenvalue weighted by atomic mass is 10.2. The van der Waals surface area contributed by atoms with Gasteiger partial charge in [-0.05, 0) is 23.6 Å². The van der Waals surface area contributed by atoms with Crippen molar-refractivity contribution < 1.29 is 4.42 Å². The van der Waals surface area contributed by atoms with Gasteiger partial charge >= 0.3 is 0 Å². The zero-order valence-corrected chi connectivity index (χ0v) is 10.5. The van der Waals surface area contributed by atoms with Crippen LogP contribution in [-0.4, -0.2) is 4.98 Å². The summed E-state index contributed by atoms with van der Waals surface area (Å²) in [6.45, 7) is 0. The maximum atomic E-state index is 6.15. The molecule has 0 amide bonds. The number of hydrogen-bond donors (Lipinski definition) is 1. The van der Waals surface area contributed by atoms with E-state index in [2.05, 4.69) is 4.98 Å². The molecule has 0 aliphatic heterocycles. The summed E-state index contributed by atoms with van der Waals surface area (Å²) < 4.78 is 5.31. The lowest BCUT2D eigenvalue weighted by Crippen LogP contribution is -2.10. The highest BCUT2D eigenvalue weighted by Crippen LogP contribution is 2.29. The van der Waals surface area contributed by atoms with Crippen molar-refractivity contribution in [3.8, 4) is 10.8 Å². The van der Waals surface area contributed by atoms with Crippen molar-refractivity contribution in [1.82, 2.24) is 4.98 Å². The zero-order chi connectivity index (χ0) is 11.7. The Balaban J connectivity index is 1.90. The van der Waals surface area contributed by atoms with E-state index in [1.165, 1.54) is 0 Å². The Bertz CT molecular complexity index is 584. The molecule has 3 aromatic rings. The lowest BCUT2D eigenvalue weighted by molar-refractivity contribution is 0.581. The SMILES string of the molecule is NC(c1csc(-c2ccco2)n1)c1cccs1. The number of rotatable bonds is 3. The van der Waals surface area contributed by atoms with Crippen LogP contribution in [0.1, 0.15) is 16.6 Å². The summed E-state index contributed by atoms with van der Waals surface area (Å²) in [5.41, 5.74) is 7.04. The van der Waals surface area contributed by atoms with Gasteiger partial charge in [0.1, 0.15) is 0 Å². The summed E-state index contributed by atoms with van der Waals surface area (Å²) in [6, 6.07) is 7.64. The van der Waals surface area contributed by atoms with Crippen molar-refractivity contribution in [2.75, 3.05) is 0 Å². The number of thiophene rings is 1. The monoisotopic (exact) mass is 262 g/mol. The number of furan rings is 1. The Kier molecular flexibility index (Phi) is 2.80. The minimum absolute atomic E-state index is 0.144. The van der Waals surface area contributed by atoms with Gasteiger partial charge in [-0.2, -0.15) is 0 Å². The second-order valence-corrected chi connectivity index (χ2v) is 5.39. The number of hydrogen-bond acceptors (Lipinski definition) is 5. The van der Waals surface area contributed by atoms with Crippen LogP contribution in [0.2, 0.25) is 0 Å². The van der Waals surface area contributed by atoms with E-state index in [-0.39, 0.29) is 6.04 Å². The third-order valence-corrected chi connectivity index (χ3v) is 4.25. The molecule has 3 nitrogen and oxygen atoms in total.